The number of benzene rings is 1. The molecule has 1 atom stereocenters. The maximum absolute atomic E-state index is 12.3. The quantitative estimate of drug-likeness (QED) is 0.802. The van der Waals surface area contributed by atoms with Gasteiger partial charge in [0.25, 0.3) is 0 Å². The zero-order valence-electron chi connectivity index (χ0n) is 15.0. The fourth-order valence-electron chi connectivity index (χ4n) is 2.87. The van der Waals surface area contributed by atoms with Gasteiger partial charge in [-0.2, -0.15) is 0 Å². The first kappa shape index (κ1) is 17.4. The fraction of sp³-hybridized carbons (Fsp3) is 0.421. The number of fused-ring (bicyclic) bond motifs is 1. The maximum Gasteiger partial charge on any atom is 0.249 e. The normalized spacial score (nSPS) is 16.8. The Morgan fingerprint density at radius 3 is 2.96 bits per heavy atom. The van der Waals surface area contributed by atoms with Gasteiger partial charge in [0, 0.05) is 24.9 Å². The Kier molecular flexibility index (Phi) is 5.28. The minimum atomic E-state index is -0.0154. The standard InChI is InChI=1S/C19H25N3O3/c1-14(9-15-6-7-17-18(10-15)25-13-24-17)22(3)12-20-19(23)16-5-4-8-21(2)11-16/h4,6-8,10-11,14H,5,9,12-13H2,1-3H3,(H,20,23). The fourth-order valence-corrected chi connectivity index (χ4v) is 2.87. The molecule has 134 valence electrons. The van der Waals surface area contributed by atoms with Crippen molar-refractivity contribution in [1.29, 1.82) is 0 Å². The topological polar surface area (TPSA) is 54.0 Å². The van der Waals surface area contributed by atoms with Crippen molar-refractivity contribution in [3.8, 4) is 11.5 Å². The highest BCUT2D eigenvalue weighted by Crippen LogP contribution is 2.32. The molecule has 2 aliphatic rings. The molecule has 6 nitrogen and oxygen atoms in total. The molecule has 1 amide bonds. The van der Waals surface area contributed by atoms with Crippen molar-refractivity contribution in [3.05, 3.63) is 47.8 Å². The van der Waals surface area contributed by atoms with Crippen LogP contribution in [0.2, 0.25) is 0 Å². The summed E-state index contributed by atoms with van der Waals surface area (Å²) >= 11 is 0. The van der Waals surface area contributed by atoms with Crippen LogP contribution in [0.25, 0.3) is 0 Å². The van der Waals surface area contributed by atoms with Gasteiger partial charge in [-0.3, -0.25) is 9.69 Å². The largest absolute Gasteiger partial charge is 0.454 e. The molecule has 1 unspecified atom stereocenters. The van der Waals surface area contributed by atoms with E-state index in [1.807, 2.05) is 49.6 Å². The summed E-state index contributed by atoms with van der Waals surface area (Å²) in [5, 5.41) is 2.99. The molecule has 2 aliphatic heterocycles. The van der Waals surface area contributed by atoms with E-state index in [0.29, 0.717) is 19.9 Å². The summed E-state index contributed by atoms with van der Waals surface area (Å²) in [6.45, 7) is 2.95. The Bertz CT molecular complexity index is 699. The van der Waals surface area contributed by atoms with Crippen molar-refractivity contribution >= 4 is 5.91 Å². The molecule has 25 heavy (non-hydrogen) atoms. The molecule has 1 aromatic carbocycles. The van der Waals surface area contributed by atoms with Crippen LogP contribution in [0.15, 0.2) is 42.2 Å². The molecule has 0 radical (unpaired) electrons. The van der Waals surface area contributed by atoms with Gasteiger partial charge in [-0.25, -0.2) is 0 Å². The Morgan fingerprint density at radius 2 is 2.16 bits per heavy atom. The van der Waals surface area contributed by atoms with Crippen LogP contribution in [0, 0.1) is 0 Å². The van der Waals surface area contributed by atoms with Crippen molar-refractivity contribution in [2.75, 3.05) is 27.6 Å². The van der Waals surface area contributed by atoms with E-state index >= 15 is 0 Å². The molecule has 0 aromatic heterocycles. The van der Waals surface area contributed by atoms with Gasteiger partial charge in [0.1, 0.15) is 0 Å². The molecular formula is C19H25N3O3. The van der Waals surface area contributed by atoms with Gasteiger partial charge in [0.2, 0.25) is 12.7 Å². The predicted octanol–water partition coefficient (Wildman–Crippen LogP) is 2.08. The Balaban J connectivity index is 1.49. The third-order valence-electron chi connectivity index (χ3n) is 4.54. The molecule has 0 fully saturated rings. The number of carbonyl (C=O) groups excluding carboxylic acids is 1. The molecule has 0 bridgehead atoms. The Morgan fingerprint density at radius 1 is 1.36 bits per heavy atom. The lowest BCUT2D eigenvalue weighted by molar-refractivity contribution is -0.118. The summed E-state index contributed by atoms with van der Waals surface area (Å²) in [6.07, 6.45) is 7.35. The van der Waals surface area contributed by atoms with Crippen LogP contribution in [0.3, 0.4) is 0 Å². The molecule has 0 aliphatic carbocycles. The van der Waals surface area contributed by atoms with Crippen LogP contribution in [-0.4, -0.2) is 49.3 Å². The first-order valence-corrected chi connectivity index (χ1v) is 8.49. The van der Waals surface area contributed by atoms with Crippen LogP contribution < -0.4 is 14.8 Å². The van der Waals surface area contributed by atoms with Crippen LogP contribution in [0.5, 0.6) is 11.5 Å². The number of nitrogens with one attached hydrogen (secondary N) is 1. The zero-order chi connectivity index (χ0) is 17.8. The van der Waals surface area contributed by atoms with Crippen LogP contribution >= 0.6 is 0 Å². The van der Waals surface area contributed by atoms with Crippen molar-refractivity contribution in [2.24, 2.45) is 0 Å². The second kappa shape index (κ2) is 7.61. The number of hydrogen-bond donors (Lipinski definition) is 1. The average molecular weight is 343 g/mol. The third kappa shape index (κ3) is 4.33. The predicted molar refractivity (Wildman–Crippen MR) is 96.1 cm³/mol. The van der Waals surface area contributed by atoms with Crippen molar-refractivity contribution in [2.45, 2.75) is 25.8 Å². The van der Waals surface area contributed by atoms with Crippen molar-refractivity contribution in [3.63, 3.8) is 0 Å². The molecule has 0 saturated carbocycles. The molecule has 6 heteroatoms. The Hall–Kier alpha value is -2.47. The average Bonchev–Trinajstić information content (AvgIpc) is 3.07. The number of hydrogen-bond acceptors (Lipinski definition) is 5. The van der Waals surface area contributed by atoms with Crippen LogP contribution in [0.1, 0.15) is 18.9 Å². The molecule has 1 N–H and O–H groups in total. The van der Waals surface area contributed by atoms with E-state index in [9.17, 15) is 4.79 Å². The number of carbonyl (C=O) groups is 1. The van der Waals surface area contributed by atoms with E-state index in [2.05, 4.69) is 23.2 Å². The summed E-state index contributed by atoms with van der Waals surface area (Å²) in [4.78, 5) is 16.3. The number of allylic oxidation sites excluding steroid dienone is 1. The number of nitrogens with zero attached hydrogens (tertiary/aromatic N) is 2. The highest BCUT2D eigenvalue weighted by atomic mass is 16.7. The molecular weight excluding hydrogens is 318 g/mol. The summed E-state index contributed by atoms with van der Waals surface area (Å²) < 4.78 is 10.8. The monoisotopic (exact) mass is 343 g/mol. The van der Waals surface area contributed by atoms with E-state index in [1.165, 1.54) is 5.56 Å². The third-order valence-corrected chi connectivity index (χ3v) is 4.54. The molecule has 0 saturated heterocycles. The summed E-state index contributed by atoms with van der Waals surface area (Å²) in [5.41, 5.74) is 1.97. The number of ether oxygens (including phenoxy) is 2. The van der Waals surface area contributed by atoms with Crippen LogP contribution in [-0.2, 0) is 11.2 Å². The van der Waals surface area contributed by atoms with E-state index < -0.39 is 0 Å². The minimum absolute atomic E-state index is 0.0154. The molecule has 2 heterocycles. The maximum atomic E-state index is 12.3. The summed E-state index contributed by atoms with van der Waals surface area (Å²) in [5.74, 6) is 1.59. The van der Waals surface area contributed by atoms with Gasteiger partial charge in [0.15, 0.2) is 11.5 Å². The van der Waals surface area contributed by atoms with Gasteiger partial charge >= 0.3 is 0 Å². The first-order chi connectivity index (χ1) is 12.0. The van der Waals surface area contributed by atoms with E-state index in [0.717, 1.165) is 23.5 Å². The van der Waals surface area contributed by atoms with Gasteiger partial charge in [-0.1, -0.05) is 12.1 Å². The van der Waals surface area contributed by atoms with Gasteiger partial charge < -0.3 is 19.7 Å². The van der Waals surface area contributed by atoms with Crippen molar-refractivity contribution < 1.29 is 14.3 Å². The van der Waals surface area contributed by atoms with Crippen LogP contribution in [0.4, 0.5) is 0 Å². The van der Waals surface area contributed by atoms with Crippen molar-refractivity contribution in [1.82, 2.24) is 15.1 Å². The lowest BCUT2D eigenvalue weighted by atomic mass is 10.1. The number of rotatable bonds is 6. The van der Waals surface area contributed by atoms with E-state index in [-0.39, 0.29) is 11.9 Å². The molecule has 3 rings (SSSR count). The first-order valence-electron chi connectivity index (χ1n) is 8.49. The smallest absolute Gasteiger partial charge is 0.249 e. The second-order valence-corrected chi connectivity index (χ2v) is 6.57. The molecule has 1 aromatic rings. The number of likely N-dealkylation sites (N-methyl/N-ethyl adjacent to an activating group) is 1. The van der Waals surface area contributed by atoms with Gasteiger partial charge in [-0.05, 0) is 50.7 Å². The number of amides is 1. The lowest BCUT2D eigenvalue weighted by Crippen LogP contribution is -2.41. The summed E-state index contributed by atoms with van der Waals surface area (Å²) in [6, 6.07) is 6.32. The minimum Gasteiger partial charge on any atom is -0.454 e. The summed E-state index contributed by atoms with van der Waals surface area (Å²) in [7, 11) is 3.93. The van der Waals surface area contributed by atoms with Gasteiger partial charge in [0.05, 0.1) is 6.67 Å². The Labute approximate surface area is 148 Å². The highest BCUT2D eigenvalue weighted by molar-refractivity contribution is 5.93. The molecule has 0 spiro atoms. The highest BCUT2D eigenvalue weighted by Gasteiger charge is 2.17. The lowest BCUT2D eigenvalue weighted by Gasteiger charge is -2.25. The SMILES string of the molecule is CC(Cc1ccc2c(c1)OCO2)N(C)CNC(=O)C1=CN(C)C=CC1. The van der Waals surface area contributed by atoms with Gasteiger partial charge in [-0.15, -0.1) is 0 Å². The van der Waals surface area contributed by atoms with E-state index in [4.69, 9.17) is 9.47 Å². The van der Waals surface area contributed by atoms with E-state index in [1.54, 1.807) is 0 Å². The second-order valence-electron chi connectivity index (χ2n) is 6.57. The zero-order valence-corrected chi connectivity index (χ0v) is 15.0.